The summed E-state index contributed by atoms with van der Waals surface area (Å²) in [7, 11) is -16.6. The van der Waals surface area contributed by atoms with E-state index in [0.29, 0.717) is 152 Å². The summed E-state index contributed by atoms with van der Waals surface area (Å²) in [5.41, 5.74) is 12.6. The molecule has 7 aromatic carbocycles. The number of methoxy groups -OCH3 is 2. The molecule has 0 unspecified atom stereocenters. The maximum absolute atomic E-state index is 16.0. The van der Waals surface area contributed by atoms with Crippen LogP contribution in [-0.2, 0) is 105 Å². The summed E-state index contributed by atoms with van der Waals surface area (Å²) >= 11 is 0. The number of rotatable bonds is 34. The highest BCUT2D eigenvalue weighted by atomic mass is 32.2. The van der Waals surface area contributed by atoms with Crippen LogP contribution in [0.25, 0.3) is 43.8 Å². The molecule has 3 aliphatic heterocycles. The van der Waals surface area contributed by atoms with Crippen LogP contribution in [0.3, 0.4) is 0 Å². The lowest BCUT2D eigenvalue weighted by molar-refractivity contribution is -0.438. The highest BCUT2D eigenvalue weighted by Crippen LogP contribution is 2.56. The van der Waals surface area contributed by atoms with Gasteiger partial charge in [-0.25, -0.2) is 4.39 Å². The van der Waals surface area contributed by atoms with E-state index in [1.54, 1.807) is 57.6 Å². The van der Waals surface area contributed by atoms with Gasteiger partial charge in [-0.1, -0.05) is 87.9 Å². The molecule has 0 saturated carbocycles. The van der Waals surface area contributed by atoms with Crippen molar-refractivity contribution in [3.63, 3.8) is 0 Å². The van der Waals surface area contributed by atoms with Crippen LogP contribution < -0.4 is 10.2 Å². The molecular formula is C84H100FN4O18S4+. The van der Waals surface area contributed by atoms with Gasteiger partial charge >= 0.3 is 0 Å². The quantitative estimate of drug-likeness (QED) is 0.0108. The van der Waals surface area contributed by atoms with Gasteiger partial charge in [0.25, 0.3) is 40.5 Å². The molecule has 0 atom stereocenters. The fraction of sp³-hybridized carbons (Fsp3) is 0.417. The molecule has 11 rings (SSSR count). The summed E-state index contributed by atoms with van der Waals surface area (Å²) in [5, 5.41) is 3.62. The fourth-order valence-corrected chi connectivity index (χ4v) is 19.3. The summed E-state index contributed by atoms with van der Waals surface area (Å²) < 4.78 is 182. The van der Waals surface area contributed by atoms with Gasteiger partial charge in [0.15, 0.2) is 5.71 Å². The number of fused-ring (bicyclic) bond motifs is 6. The molecule has 111 heavy (non-hydrogen) atoms. The Morgan fingerprint density at radius 2 is 1.19 bits per heavy atom. The van der Waals surface area contributed by atoms with Crippen molar-refractivity contribution < 1.29 is 89.4 Å². The summed E-state index contributed by atoms with van der Waals surface area (Å²) in [6.07, 6.45) is 17.5. The van der Waals surface area contributed by atoms with Crippen molar-refractivity contribution in [1.82, 2.24) is 10.2 Å². The molecular weight excluding hydrogens is 1500 g/mol. The number of likely N-dealkylation sites (N-methyl/N-ethyl adjacent to an activating group) is 1. The van der Waals surface area contributed by atoms with E-state index in [2.05, 4.69) is 54.9 Å². The first-order chi connectivity index (χ1) is 52.3. The lowest BCUT2D eigenvalue weighted by Gasteiger charge is -2.28. The number of ether oxygens (including phenoxy) is 4. The van der Waals surface area contributed by atoms with Gasteiger partial charge in [-0.05, 0) is 212 Å². The maximum atomic E-state index is 16.0. The second-order valence-corrected chi connectivity index (χ2v) is 36.3. The summed E-state index contributed by atoms with van der Waals surface area (Å²) in [5.74, 6) is -0.431. The second-order valence-electron chi connectivity index (χ2n) is 30.7. The number of carbonyl (C=O) groups is 2. The minimum Gasteiger partial charge on any atom is -0.382 e. The Bertz CT molecular complexity index is 5480. The van der Waals surface area contributed by atoms with Gasteiger partial charge in [0.05, 0.1) is 41.6 Å². The third-order valence-corrected chi connectivity index (χ3v) is 25.5. The number of halogens is 1. The fourth-order valence-electron chi connectivity index (χ4n) is 16.7. The summed E-state index contributed by atoms with van der Waals surface area (Å²) in [6.45, 7) is 22.7. The van der Waals surface area contributed by atoms with Crippen LogP contribution in [0, 0.1) is 25.6 Å². The highest BCUT2D eigenvalue weighted by Gasteiger charge is 2.47. The van der Waals surface area contributed by atoms with Crippen molar-refractivity contribution in [2.75, 3.05) is 78.4 Å². The molecule has 4 aliphatic rings. The number of aryl methyl sites for hydroxylation is 3. The van der Waals surface area contributed by atoms with Crippen molar-refractivity contribution in [3.8, 4) is 22.3 Å². The smallest absolute Gasteiger partial charge is 0.295 e. The third kappa shape index (κ3) is 17.8. The number of carbonyl (C=O) groups excluding carboxylic acids is 2. The van der Waals surface area contributed by atoms with Crippen molar-refractivity contribution in [2.45, 2.75) is 169 Å². The number of allylic oxidation sites excluding steroid dienone is 8. The molecule has 27 heteroatoms. The Balaban J connectivity index is 0.785. The lowest BCUT2D eigenvalue weighted by Crippen LogP contribution is -2.32. The highest BCUT2D eigenvalue weighted by molar-refractivity contribution is 7.87. The largest absolute Gasteiger partial charge is 0.382 e. The Morgan fingerprint density at radius 3 is 1.78 bits per heavy atom. The van der Waals surface area contributed by atoms with Crippen LogP contribution >= 0.6 is 0 Å². The Morgan fingerprint density at radius 1 is 0.613 bits per heavy atom. The van der Waals surface area contributed by atoms with Crippen LogP contribution in [0.2, 0.25) is 0 Å². The van der Waals surface area contributed by atoms with E-state index in [9.17, 15) is 61.5 Å². The molecule has 594 valence electrons. The Labute approximate surface area is 651 Å². The molecule has 0 saturated heterocycles. The minimum absolute atomic E-state index is 0.00586. The topological polar surface area (TPSA) is 310 Å². The molecule has 7 aromatic rings. The molecule has 22 nitrogen and oxygen atoms in total. The summed E-state index contributed by atoms with van der Waals surface area (Å²) in [6, 6.07) is 22.6. The van der Waals surface area contributed by atoms with Crippen molar-refractivity contribution in [3.05, 3.63) is 189 Å². The van der Waals surface area contributed by atoms with Gasteiger partial charge in [-0.3, -0.25) is 27.8 Å². The first-order valence-corrected chi connectivity index (χ1v) is 43.1. The van der Waals surface area contributed by atoms with Crippen LogP contribution in [0.4, 0.5) is 15.8 Å². The zero-order valence-electron chi connectivity index (χ0n) is 64.7. The first kappa shape index (κ1) is 83.8. The number of hydrogen-bond donors (Lipinski definition) is 5. The van der Waals surface area contributed by atoms with E-state index in [4.69, 9.17) is 18.9 Å². The standard InChI is InChI=1S/C84H99FN4O18S4/c1-12-88-70-28-26-62-65(46-60(108(92,93)94)48-72(62)110(98,99)100)80(70)83(6,7)74(88)23-17-14-13-15-18-24-75-84(8,9)81-66-47-61(109(95,96)97)49-73(111(101,102)103)63(66)27-29-71(81)89(75)33-20-16-19-25-76(90)86-32-21-22-56-42-54(3)69(85)50-64(56)57-44-59-52-87(51-58-40-53(2)41-67-78(58)79(59)68(45-57)82(67,4)5)77(91)43-55(30-34-106-38-36-104-10)31-35-107-39-37-105-11/h13-15,17-18,23-24,26-29,40-42,44-50,55H,12,16,19-22,25,30-39,43,51-52H2,1-11H3,(H4-,86,90,92,93,94,95,96,97,98,99,100,101,102,103)/p+1. The zero-order valence-corrected chi connectivity index (χ0v) is 68.0. The van der Waals surface area contributed by atoms with Crippen molar-refractivity contribution >= 4 is 90.9 Å². The van der Waals surface area contributed by atoms with Gasteiger partial charge in [0, 0.05) is 124 Å². The number of amides is 2. The van der Waals surface area contributed by atoms with E-state index >= 15 is 4.39 Å². The van der Waals surface area contributed by atoms with Gasteiger partial charge in [-0.2, -0.15) is 38.2 Å². The minimum atomic E-state index is -5.01. The van der Waals surface area contributed by atoms with Gasteiger partial charge in [-0.15, -0.1) is 0 Å². The molecule has 2 amide bonds. The molecule has 0 radical (unpaired) electrons. The SMILES string of the molecule is CCN1/C(=C/C=C/C=C/C=C/C2=[N+](CCCCCC(=O)NCCCc3cc(C)c(F)cc3-c3cc4c5c(c3)C(C)(C)c3cc(C)cc(c3-5)CN(C(=O)CC(CCOCCOC)CCOCCOC)C4)c3ccc4c(S(=O)(=O)O)cc(S(=O)(=O)O)cc4c3C2(C)C)C(C)(C)c2c1ccc1c(S(=O)(=O)O)cc(S(=O)(=O)O)cc21. The number of benzene rings is 7. The molecule has 0 fully saturated rings. The van der Waals surface area contributed by atoms with Crippen LogP contribution in [-0.4, -0.2) is 152 Å². The first-order valence-electron chi connectivity index (χ1n) is 37.4. The average molecular weight is 1600 g/mol. The number of nitrogens with zero attached hydrogens (tertiary/aromatic N) is 3. The molecule has 5 N–H and O–H groups in total. The molecule has 3 heterocycles. The van der Waals surface area contributed by atoms with E-state index < -0.39 is 76.3 Å². The van der Waals surface area contributed by atoms with E-state index in [0.717, 1.165) is 73.6 Å². The lowest BCUT2D eigenvalue weighted by atomic mass is 9.79. The number of unbranched alkanes of at least 4 members (excludes halogenated alkanes) is 2. The summed E-state index contributed by atoms with van der Waals surface area (Å²) in [4.78, 5) is 29.6. The van der Waals surface area contributed by atoms with Gasteiger partial charge < -0.3 is 34.1 Å². The monoisotopic (exact) mass is 1600 g/mol. The molecule has 1 aliphatic carbocycles. The van der Waals surface area contributed by atoms with Gasteiger partial charge in [0.2, 0.25) is 17.5 Å². The van der Waals surface area contributed by atoms with E-state index in [1.165, 1.54) is 29.8 Å². The average Bonchev–Trinajstić information content (AvgIpc) is 1.57. The maximum Gasteiger partial charge on any atom is 0.295 e. The van der Waals surface area contributed by atoms with E-state index in [1.807, 2.05) is 74.8 Å². The number of anilines is 1. The van der Waals surface area contributed by atoms with Crippen LogP contribution in [0.5, 0.6) is 0 Å². The predicted molar refractivity (Wildman–Crippen MR) is 427 cm³/mol. The van der Waals surface area contributed by atoms with Crippen molar-refractivity contribution in [2.24, 2.45) is 5.92 Å². The number of hydrogen-bond acceptors (Lipinski definition) is 15. The predicted octanol–water partition coefficient (Wildman–Crippen LogP) is 14.7. The third-order valence-electron chi connectivity index (χ3n) is 22.1. The van der Waals surface area contributed by atoms with Gasteiger partial charge in [0.1, 0.15) is 22.2 Å². The normalized spacial score (nSPS) is 16.2. The second kappa shape index (κ2) is 33.5. The Kier molecular flexibility index (Phi) is 25.3. The molecule has 0 bridgehead atoms. The van der Waals surface area contributed by atoms with Crippen molar-refractivity contribution in [1.29, 1.82) is 0 Å². The van der Waals surface area contributed by atoms with E-state index in [-0.39, 0.29) is 51.5 Å². The number of nitrogens with one attached hydrogen (secondary N) is 1. The van der Waals surface area contributed by atoms with Crippen LogP contribution in [0.15, 0.2) is 153 Å². The van der Waals surface area contributed by atoms with Crippen LogP contribution in [0.1, 0.15) is 150 Å². The molecule has 0 spiro atoms. The Hall–Kier alpha value is -8.16. The molecule has 0 aromatic heterocycles. The zero-order chi connectivity index (χ0) is 80.5.